The molecule has 1 unspecified atom stereocenters. The molecule has 0 spiro atoms. The first-order valence-corrected chi connectivity index (χ1v) is 9.24. The molecule has 0 radical (unpaired) electrons. The van der Waals surface area contributed by atoms with Crippen LogP contribution in [0.15, 0.2) is 43.0 Å². The molecule has 3 aromatic rings. The molecular weight excluding hydrogens is 324 g/mol. The zero-order valence-electron chi connectivity index (χ0n) is 15.5. The van der Waals surface area contributed by atoms with Gasteiger partial charge in [-0.25, -0.2) is 0 Å². The van der Waals surface area contributed by atoms with Gasteiger partial charge in [0.05, 0.1) is 17.2 Å². The Balaban J connectivity index is 1.52. The Hall–Kier alpha value is -2.31. The topological polar surface area (TPSA) is 50.1 Å². The van der Waals surface area contributed by atoms with Crippen molar-refractivity contribution in [3.8, 4) is 0 Å². The summed E-state index contributed by atoms with van der Waals surface area (Å²) in [6.07, 6.45) is 8.90. The molecular formula is C20H26N6. The van der Waals surface area contributed by atoms with Gasteiger partial charge in [0, 0.05) is 63.9 Å². The molecule has 1 aliphatic heterocycles. The second-order valence-corrected chi connectivity index (χ2v) is 7.43. The van der Waals surface area contributed by atoms with Gasteiger partial charge in [-0.3, -0.25) is 19.5 Å². The average Bonchev–Trinajstić information content (AvgIpc) is 2.96. The summed E-state index contributed by atoms with van der Waals surface area (Å²) in [5.41, 5.74) is 4.61. The molecule has 0 amide bonds. The largest absolute Gasteiger partial charge is 0.305 e. The Bertz CT molecular complexity index is 868. The van der Waals surface area contributed by atoms with Crippen molar-refractivity contribution in [2.45, 2.75) is 13.0 Å². The van der Waals surface area contributed by atoms with Gasteiger partial charge in [0.1, 0.15) is 0 Å². The molecule has 0 N–H and O–H groups in total. The van der Waals surface area contributed by atoms with Gasteiger partial charge in [0.15, 0.2) is 0 Å². The molecule has 4 heterocycles. The van der Waals surface area contributed by atoms with Crippen LogP contribution in [0.1, 0.15) is 11.1 Å². The zero-order valence-corrected chi connectivity index (χ0v) is 15.5. The lowest BCUT2D eigenvalue weighted by molar-refractivity contribution is 0.249. The summed E-state index contributed by atoms with van der Waals surface area (Å²) in [5, 5.41) is 4.31. The lowest BCUT2D eigenvalue weighted by atomic mass is 9.98. The highest BCUT2D eigenvalue weighted by atomic mass is 15.3. The minimum Gasteiger partial charge on any atom is -0.305 e. The van der Waals surface area contributed by atoms with Crippen LogP contribution in [0.5, 0.6) is 0 Å². The number of likely N-dealkylation sites (N-methyl/N-ethyl adjacent to an activating group) is 1. The fourth-order valence-electron chi connectivity index (χ4n) is 3.95. The molecule has 0 aromatic carbocycles. The van der Waals surface area contributed by atoms with E-state index in [4.69, 9.17) is 0 Å². The first-order valence-electron chi connectivity index (χ1n) is 9.24. The summed E-state index contributed by atoms with van der Waals surface area (Å²) in [6, 6.07) is 6.12. The minimum absolute atomic E-state index is 0.576. The summed E-state index contributed by atoms with van der Waals surface area (Å²) in [5.74, 6) is 0.576. The summed E-state index contributed by atoms with van der Waals surface area (Å²) in [7, 11) is 4.20. The molecule has 4 rings (SSSR count). The van der Waals surface area contributed by atoms with Crippen LogP contribution in [0.4, 0.5) is 0 Å². The fourth-order valence-corrected chi connectivity index (χ4v) is 3.95. The monoisotopic (exact) mass is 350 g/mol. The molecule has 3 aromatic heterocycles. The predicted molar refractivity (Wildman–Crippen MR) is 103 cm³/mol. The van der Waals surface area contributed by atoms with Gasteiger partial charge in [-0.15, -0.1) is 0 Å². The van der Waals surface area contributed by atoms with Crippen LogP contribution in [-0.2, 0) is 20.0 Å². The molecule has 1 saturated heterocycles. The molecule has 1 fully saturated rings. The number of rotatable bonds is 4. The zero-order chi connectivity index (χ0) is 17.9. The van der Waals surface area contributed by atoms with E-state index in [0.29, 0.717) is 5.92 Å². The van der Waals surface area contributed by atoms with Gasteiger partial charge in [0.2, 0.25) is 0 Å². The second-order valence-electron chi connectivity index (χ2n) is 7.43. The first kappa shape index (κ1) is 17.1. The molecule has 26 heavy (non-hydrogen) atoms. The molecule has 1 atom stereocenters. The number of hydrogen-bond donors (Lipinski definition) is 0. The van der Waals surface area contributed by atoms with Gasteiger partial charge >= 0.3 is 0 Å². The lowest BCUT2D eigenvalue weighted by Gasteiger charge is -2.23. The van der Waals surface area contributed by atoms with Crippen molar-refractivity contribution in [3.05, 3.63) is 54.1 Å². The van der Waals surface area contributed by atoms with Gasteiger partial charge in [-0.2, -0.15) is 5.10 Å². The first-order chi connectivity index (χ1) is 12.7. The van der Waals surface area contributed by atoms with Crippen molar-refractivity contribution < 1.29 is 0 Å². The number of aromatic nitrogens is 4. The van der Waals surface area contributed by atoms with Crippen molar-refractivity contribution in [1.29, 1.82) is 0 Å². The third-order valence-corrected chi connectivity index (χ3v) is 5.14. The SMILES string of the molecule is CN1CCN(Cc2cnn(C)c2)CC(Cc2ccnc3cccnc23)C1. The fraction of sp³-hybridized carbons (Fsp3) is 0.450. The number of aryl methyl sites for hydroxylation is 1. The highest BCUT2D eigenvalue weighted by Crippen LogP contribution is 2.20. The van der Waals surface area contributed by atoms with Crippen molar-refractivity contribution in [3.63, 3.8) is 0 Å². The van der Waals surface area contributed by atoms with E-state index in [-0.39, 0.29) is 0 Å². The predicted octanol–water partition coefficient (Wildman–Crippen LogP) is 1.97. The summed E-state index contributed by atoms with van der Waals surface area (Å²) in [4.78, 5) is 14.0. The molecule has 0 bridgehead atoms. The Labute approximate surface area is 154 Å². The van der Waals surface area contributed by atoms with E-state index in [1.807, 2.05) is 42.5 Å². The van der Waals surface area contributed by atoms with E-state index in [1.165, 1.54) is 11.1 Å². The Morgan fingerprint density at radius 3 is 2.85 bits per heavy atom. The summed E-state index contributed by atoms with van der Waals surface area (Å²) < 4.78 is 1.88. The van der Waals surface area contributed by atoms with E-state index in [2.05, 4.69) is 44.2 Å². The number of nitrogens with zero attached hydrogens (tertiary/aromatic N) is 6. The molecule has 0 saturated carbocycles. The van der Waals surface area contributed by atoms with Crippen LogP contribution in [0, 0.1) is 5.92 Å². The maximum atomic E-state index is 4.58. The summed E-state index contributed by atoms with van der Waals surface area (Å²) in [6.45, 7) is 5.37. The smallest absolute Gasteiger partial charge is 0.0918 e. The quantitative estimate of drug-likeness (QED) is 0.720. The third kappa shape index (κ3) is 3.92. The van der Waals surface area contributed by atoms with Gasteiger partial charge in [-0.1, -0.05) is 0 Å². The third-order valence-electron chi connectivity index (χ3n) is 5.14. The Morgan fingerprint density at radius 2 is 2.00 bits per heavy atom. The maximum absolute atomic E-state index is 4.58. The van der Waals surface area contributed by atoms with E-state index < -0.39 is 0 Å². The molecule has 0 aliphatic carbocycles. The average molecular weight is 350 g/mol. The van der Waals surface area contributed by atoms with Crippen LogP contribution in [-0.4, -0.2) is 62.8 Å². The molecule has 136 valence electrons. The number of pyridine rings is 2. The maximum Gasteiger partial charge on any atom is 0.0918 e. The highest BCUT2D eigenvalue weighted by Gasteiger charge is 2.22. The van der Waals surface area contributed by atoms with Gasteiger partial charge in [0.25, 0.3) is 0 Å². The van der Waals surface area contributed by atoms with Crippen LogP contribution in [0.25, 0.3) is 11.0 Å². The summed E-state index contributed by atoms with van der Waals surface area (Å²) >= 11 is 0. The van der Waals surface area contributed by atoms with Crippen LogP contribution >= 0.6 is 0 Å². The van der Waals surface area contributed by atoms with Crippen LogP contribution in [0.3, 0.4) is 0 Å². The molecule has 6 nitrogen and oxygen atoms in total. The normalized spacial score (nSPS) is 19.7. The Morgan fingerprint density at radius 1 is 1.08 bits per heavy atom. The van der Waals surface area contributed by atoms with Crippen molar-refractivity contribution in [1.82, 2.24) is 29.5 Å². The van der Waals surface area contributed by atoms with Gasteiger partial charge < -0.3 is 4.90 Å². The van der Waals surface area contributed by atoms with E-state index in [1.54, 1.807) is 0 Å². The van der Waals surface area contributed by atoms with Crippen molar-refractivity contribution in [2.24, 2.45) is 13.0 Å². The standard InChI is InChI=1S/C20H26N6/c1-24-8-9-26(15-17-11-23-25(2)13-17)14-16(12-24)10-18-5-7-21-19-4-3-6-22-20(18)19/h3-7,11,13,16H,8-10,12,14-15H2,1-2H3. The van der Waals surface area contributed by atoms with Crippen molar-refractivity contribution in [2.75, 3.05) is 33.2 Å². The second kappa shape index (κ2) is 7.51. The van der Waals surface area contributed by atoms with Gasteiger partial charge in [-0.05, 0) is 43.1 Å². The van der Waals surface area contributed by atoms with E-state index >= 15 is 0 Å². The molecule has 1 aliphatic rings. The van der Waals surface area contributed by atoms with E-state index in [9.17, 15) is 0 Å². The number of hydrogen-bond acceptors (Lipinski definition) is 5. The van der Waals surface area contributed by atoms with Crippen LogP contribution in [0.2, 0.25) is 0 Å². The Kier molecular flexibility index (Phi) is 4.95. The highest BCUT2D eigenvalue weighted by molar-refractivity contribution is 5.77. The molecule has 6 heteroatoms. The van der Waals surface area contributed by atoms with Crippen molar-refractivity contribution >= 4 is 11.0 Å². The van der Waals surface area contributed by atoms with Crippen LogP contribution < -0.4 is 0 Å². The number of fused-ring (bicyclic) bond motifs is 1. The van der Waals surface area contributed by atoms with E-state index in [0.717, 1.165) is 50.2 Å². The minimum atomic E-state index is 0.576. The lowest BCUT2D eigenvalue weighted by Crippen LogP contribution is -2.30.